The summed E-state index contributed by atoms with van der Waals surface area (Å²) in [7, 11) is 1.96. The van der Waals surface area contributed by atoms with Crippen LogP contribution in [0.4, 0.5) is 0 Å². The SMILES string of the molecule is CCNC(=NCc1ccc(C#N)cc1)N1CCC(Cc2cnn(C)c2)C1. The summed E-state index contributed by atoms with van der Waals surface area (Å²) in [6.07, 6.45) is 6.31. The second kappa shape index (κ2) is 8.52. The van der Waals surface area contributed by atoms with Crippen LogP contribution in [0.15, 0.2) is 41.7 Å². The molecule has 26 heavy (non-hydrogen) atoms. The smallest absolute Gasteiger partial charge is 0.194 e. The lowest BCUT2D eigenvalue weighted by atomic mass is 10.0. The Kier molecular flexibility index (Phi) is 5.90. The normalized spacial score (nSPS) is 17.3. The van der Waals surface area contributed by atoms with Crippen LogP contribution >= 0.6 is 0 Å². The molecule has 1 aliphatic heterocycles. The maximum absolute atomic E-state index is 8.89. The number of hydrogen-bond donors (Lipinski definition) is 1. The molecule has 1 fully saturated rings. The molecule has 6 nitrogen and oxygen atoms in total. The number of aryl methyl sites for hydroxylation is 1. The van der Waals surface area contributed by atoms with E-state index in [1.165, 1.54) is 12.0 Å². The number of hydrogen-bond acceptors (Lipinski definition) is 3. The summed E-state index contributed by atoms with van der Waals surface area (Å²) in [5.74, 6) is 1.61. The number of benzene rings is 1. The van der Waals surface area contributed by atoms with Crippen LogP contribution in [0, 0.1) is 17.2 Å². The van der Waals surface area contributed by atoms with Gasteiger partial charge < -0.3 is 10.2 Å². The first kappa shape index (κ1) is 18.0. The molecule has 2 aromatic rings. The number of guanidine groups is 1. The Labute approximate surface area is 155 Å². The number of nitrogens with one attached hydrogen (secondary N) is 1. The van der Waals surface area contributed by atoms with Gasteiger partial charge in [0.05, 0.1) is 24.4 Å². The highest BCUT2D eigenvalue weighted by Gasteiger charge is 2.25. The van der Waals surface area contributed by atoms with Crippen LogP contribution in [0.25, 0.3) is 0 Å². The molecule has 0 amide bonds. The maximum atomic E-state index is 8.89. The standard InChI is InChI=1S/C20H26N6/c1-3-22-20(23-12-17-6-4-16(11-21)5-7-17)26-9-8-18(15-26)10-19-13-24-25(2)14-19/h4-7,13-14,18H,3,8-10,12,15H2,1-2H3,(H,22,23). The molecular formula is C20H26N6. The molecule has 3 rings (SSSR count). The van der Waals surface area contributed by atoms with Crippen molar-refractivity contribution < 1.29 is 0 Å². The van der Waals surface area contributed by atoms with Crippen molar-refractivity contribution in [2.24, 2.45) is 18.0 Å². The van der Waals surface area contributed by atoms with Gasteiger partial charge in [0.25, 0.3) is 0 Å². The minimum atomic E-state index is 0.623. The largest absolute Gasteiger partial charge is 0.357 e. The van der Waals surface area contributed by atoms with Gasteiger partial charge in [0.2, 0.25) is 0 Å². The average Bonchev–Trinajstić information content (AvgIpc) is 3.28. The summed E-state index contributed by atoms with van der Waals surface area (Å²) < 4.78 is 1.87. The summed E-state index contributed by atoms with van der Waals surface area (Å²) in [6.45, 7) is 5.63. The molecule has 6 heteroatoms. The molecule has 1 aliphatic rings. The number of aliphatic imine (C=N–C) groups is 1. The van der Waals surface area contributed by atoms with Gasteiger partial charge in [-0.2, -0.15) is 10.4 Å². The fourth-order valence-corrected chi connectivity index (χ4v) is 3.38. The van der Waals surface area contributed by atoms with Crippen molar-refractivity contribution in [3.63, 3.8) is 0 Å². The van der Waals surface area contributed by atoms with E-state index in [0.29, 0.717) is 18.0 Å². The molecule has 1 atom stereocenters. The van der Waals surface area contributed by atoms with Crippen LogP contribution in [0.2, 0.25) is 0 Å². The summed E-state index contributed by atoms with van der Waals surface area (Å²) >= 11 is 0. The zero-order chi connectivity index (χ0) is 18.4. The molecule has 1 saturated heterocycles. The Morgan fingerprint density at radius 2 is 2.15 bits per heavy atom. The monoisotopic (exact) mass is 350 g/mol. The van der Waals surface area contributed by atoms with Crippen LogP contribution in [-0.2, 0) is 20.0 Å². The molecule has 1 unspecified atom stereocenters. The van der Waals surface area contributed by atoms with E-state index in [2.05, 4.69) is 34.5 Å². The van der Waals surface area contributed by atoms with Gasteiger partial charge in [0.15, 0.2) is 5.96 Å². The van der Waals surface area contributed by atoms with E-state index in [9.17, 15) is 0 Å². The minimum Gasteiger partial charge on any atom is -0.357 e. The molecule has 0 aliphatic carbocycles. The van der Waals surface area contributed by atoms with Crippen molar-refractivity contribution in [3.05, 3.63) is 53.3 Å². The van der Waals surface area contributed by atoms with Gasteiger partial charge in [-0.3, -0.25) is 4.68 Å². The Hall–Kier alpha value is -2.81. The number of aromatic nitrogens is 2. The molecule has 0 saturated carbocycles. The van der Waals surface area contributed by atoms with Crippen LogP contribution in [-0.4, -0.2) is 40.3 Å². The first-order valence-electron chi connectivity index (χ1n) is 9.17. The number of likely N-dealkylation sites (tertiary alicyclic amines) is 1. The Morgan fingerprint density at radius 1 is 1.35 bits per heavy atom. The summed E-state index contributed by atoms with van der Waals surface area (Å²) in [5.41, 5.74) is 3.10. The van der Waals surface area contributed by atoms with Crippen molar-refractivity contribution in [2.45, 2.75) is 26.3 Å². The fraction of sp³-hybridized carbons (Fsp3) is 0.450. The Balaban J connectivity index is 1.60. The fourth-order valence-electron chi connectivity index (χ4n) is 3.38. The topological polar surface area (TPSA) is 69.2 Å². The van der Waals surface area contributed by atoms with Gasteiger partial charge in [-0.1, -0.05) is 12.1 Å². The Morgan fingerprint density at radius 3 is 2.81 bits per heavy atom. The second-order valence-corrected chi connectivity index (χ2v) is 6.81. The first-order valence-corrected chi connectivity index (χ1v) is 9.17. The lowest BCUT2D eigenvalue weighted by molar-refractivity contribution is 0.460. The highest BCUT2D eigenvalue weighted by Crippen LogP contribution is 2.21. The zero-order valence-electron chi connectivity index (χ0n) is 15.5. The second-order valence-electron chi connectivity index (χ2n) is 6.81. The van der Waals surface area contributed by atoms with E-state index in [0.717, 1.165) is 37.6 Å². The zero-order valence-corrected chi connectivity index (χ0v) is 15.5. The molecule has 136 valence electrons. The summed E-state index contributed by atoms with van der Waals surface area (Å²) in [5, 5.41) is 16.6. The van der Waals surface area contributed by atoms with E-state index < -0.39 is 0 Å². The third-order valence-corrected chi connectivity index (χ3v) is 4.70. The number of nitriles is 1. The van der Waals surface area contributed by atoms with E-state index in [-0.39, 0.29) is 0 Å². The third-order valence-electron chi connectivity index (χ3n) is 4.70. The molecule has 0 spiro atoms. The van der Waals surface area contributed by atoms with Crippen molar-refractivity contribution >= 4 is 5.96 Å². The van der Waals surface area contributed by atoms with Crippen LogP contribution in [0.3, 0.4) is 0 Å². The lowest BCUT2D eigenvalue weighted by Crippen LogP contribution is -2.40. The summed E-state index contributed by atoms with van der Waals surface area (Å²) in [4.78, 5) is 7.15. The number of rotatable bonds is 5. The van der Waals surface area contributed by atoms with Gasteiger partial charge in [-0.05, 0) is 48.9 Å². The molecule has 0 bridgehead atoms. The van der Waals surface area contributed by atoms with Crippen molar-refractivity contribution in [3.8, 4) is 6.07 Å². The van der Waals surface area contributed by atoms with Crippen LogP contribution in [0.5, 0.6) is 0 Å². The van der Waals surface area contributed by atoms with E-state index in [1.807, 2.05) is 42.2 Å². The van der Waals surface area contributed by atoms with E-state index >= 15 is 0 Å². The molecule has 1 N–H and O–H groups in total. The molecule has 2 heterocycles. The van der Waals surface area contributed by atoms with Gasteiger partial charge in [0.1, 0.15) is 0 Å². The third kappa shape index (κ3) is 4.63. The number of nitrogens with zero attached hydrogens (tertiary/aromatic N) is 5. The van der Waals surface area contributed by atoms with Gasteiger partial charge in [-0.25, -0.2) is 4.99 Å². The van der Waals surface area contributed by atoms with Gasteiger partial charge in [0, 0.05) is 32.9 Å². The predicted molar refractivity (Wildman–Crippen MR) is 103 cm³/mol. The van der Waals surface area contributed by atoms with Crippen molar-refractivity contribution in [2.75, 3.05) is 19.6 Å². The van der Waals surface area contributed by atoms with E-state index in [1.54, 1.807) is 0 Å². The summed E-state index contributed by atoms with van der Waals surface area (Å²) in [6, 6.07) is 9.78. The van der Waals surface area contributed by atoms with Gasteiger partial charge >= 0.3 is 0 Å². The van der Waals surface area contributed by atoms with Crippen LogP contribution < -0.4 is 5.32 Å². The quantitative estimate of drug-likeness (QED) is 0.664. The van der Waals surface area contributed by atoms with Gasteiger partial charge in [-0.15, -0.1) is 0 Å². The molecule has 1 aromatic heterocycles. The van der Waals surface area contributed by atoms with Crippen molar-refractivity contribution in [1.82, 2.24) is 20.0 Å². The lowest BCUT2D eigenvalue weighted by Gasteiger charge is -2.21. The molecule has 1 aromatic carbocycles. The first-order chi connectivity index (χ1) is 12.7. The Bertz CT molecular complexity index is 783. The molecule has 0 radical (unpaired) electrons. The predicted octanol–water partition coefficient (Wildman–Crippen LogP) is 2.32. The minimum absolute atomic E-state index is 0.623. The average molecular weight is 350 g/mol. The maximum Gasteiger partial charge on any atom is 0.194 e. The van der Waals surface area contributed by atoms with Crippen LogP contribution in [0.1, 0.15) is 30.0 Å². The van der Waals surface area contributed by atoms with Crippen molar-refractivity contribution in [1.29, 1.82) is 5.26 Å². The molecular weight excluding hydrogens is 324 g/mol. The highest BCUT2D eigenvalue weighted by molar-refractivity contribution is 5.80. The highest BCUT2D eigenvalue weighted by atomic mass is 15.3. The van der Waals surface area contributed by atoms with E-state index in [4.69, 9.17) is 10.3 Å².